The highest BCUT2D eigenvalue weighted by Crippen LogP contribution is 2.37. The molecule has 5 nitrogen and oxygen atoms in total. The molecule has 2 N–H and O–H groups in total. The van der Waals surface area contributed by atoms with Crippen molar-refractivity contribution in [2.75, 3.05) is 5.32 Å². The van der Waals surface area contributed by atoms with Crippen LogP contribution >= 0.6 is 11.3 Å². The van der Waals surface area contributed by atoms with Crippen LogP contribution in [0.25, 0.3) is 0 Å². The first kappa shape index (κ1) is 13.9. The van der Waals surface area contributed by atoms with Crippen LogP contribution in [0.3, 0.4) is 0 Å². The number of nitrogens with one attached hydrogen (secondary N) is 2. The fraction of sp³-hybridized carbons (Fsp3) is 0.357. The molecule has 0 radical (unpaired) electrons. The molecule has 1 aliphatic rings. The highest BCUT2D eigenvalue weighted by atomic mass is 32.1. The average Bonchev–Trinajstić information content (AvgIpc) is 2.89. The van der Waals surface area contributed by atoms with Crippen molar-refractivity contribution in [1.29, 1.82) is 0 Å². The SMILES string of the molecule is O=C(Nc1nncs1)NC(c1ccc(F)cc1)C1CCC1. The fourth-order valence-electron chi connectivity index (χ4n) is 2.42. The molecule has 1 saturated carbocycles. The summed E-state index contributed by atoms with van der Waals surface area (Å²) in [6.07, 6.45) is 3.31. The number of urea groups is 1. The Hall–Kier alpha value is -2.02. The van der Waals surface area contributed by atoms with E-state index in [4.69, 9.17) is 0 Å². The van der Waals surface area contributed by atoms with Gasteiger partial charge >= 0.3 is 6.03 Å². The van der Waals surface area contributed by atoms with Gasteiger partial charge in [0, 0.05) is 0 Å². The van der Waals surface area contributed by atoms with E-state index in [2.05, 4.69) is 20.8 Å². The van der Waals surface area contributed by atoms with E-state index in [1.807, 2.05) is 0 Å². The molecule has 7 heteroatoms. The maximum atomic E-state index is 13.0. The Balaban J connectivity index is 1.70. The summed E-state index contributed by atoms with van der Waals surface area (Å²) in [5.74, 6) is 0.125. The standard InChI is InChI=1S/C14H15FN4OS/c15-11-6-4-10(5-7-11)12(9-2-1-3-9)17-13(20)18-14-19-16-8-21-14/h4-9,12H,1-3H2,(H2,17,18,19,20). The van der Waals surface area contributed by atoms with Crippen molar-refractivity contribution in [2.24, 2.45) is 5.92 Å². The molecule has 1 atom stereocenters. The number of nitrogens with zero attached hydrogens (tertiary/aromatic N) is 2. The van der Waals surface area contributed by atoms with Crippen molar-refractivity contribution in [3.63, 3.8) is 0 Å². The van der Waals surface area contributed by atoms with Crippen molar-refractivity contribution in [3.05, 3.63) is 41.2 Å². The van der Waals surface area contributed by atoms with E-state index in [9.17, 15) is 9.18 Å². The van der Waals surface area contributed by atoms with Gasteiger partial charge < -0.3 is 5.32 Å². The Kier molecular flexibility index (Phi) is 4.10. The van der Waals surface area contributed by atoms with E-state index in [1.165, 1.54) is 29.9 Å². The van der Waals surface area contributed by atoms with Gasteiger partial charge in [-0.15, -0.1) is 10.2 Å². The zero-order valence-corrected chi connectivity index (χ0v) is 12.1. The minimum absolute atomic E-state index is 0.104. The summed E-state index contributed by atoms with van der Waals surface area (Å²) >= 11 is 1.26. The number of halogens is 1. The van der Waals surface area contributed by atoms with Crippen LogP contribution in [0, 0.1) is 11.7 Å². The number of carbonyl (C=O) groups is 1. The minimum atomic E-state index is -0.312. The second-order valence-corrected chi connectivity index (χ2v) is 5.90. The molecule has 0 saturated heterocycles. The lowest BCUT2D eigenvalue weighted by Gasteiger charge is -2.34. The topological polar surface area (TPSA) is 66.9 Å². The first-order chi connectivity index (χ1) is 10.2. The van der Waals surface area contributed by atoms with Crippen molar-refractivity contribution >= 4 is 22.5 Å². The van der Waals surface area contributed by atoms with Crippen LogP contribution in [0.1, 0.15) is 30.9 Å². The number of anilines is 1. The predicted octanol–water partition coefficient (Wildman–Crippen LogP) is 3.34. The zero-order valence-electron chi connectivity index (χ0n) is 11.3. The molecule has 0 spiro atoms. The molecule has 1 aromatic carbocycles. The maximum Gasteiger partial charge on any atom is 0.321 e. The highest BCUT2D eigenvalue weighted by Gasteiger charge is 2.29. The zero-order chi connectivity index (χ0) is 14.7. The first-order valence-electron chi connectivity index (χ1n) is 6.81. The monoisotopic (exact) mass is 306 g/mol. The highest BCUT2D eigenvalue weighted by molar-refractivity contribution is 7.13. The number of amides is 2. The molecule has 3 rings (SSSR count). The van der Waals surface area contributed by atoms with E-state index < -0.39 is 0 Å². The van der Waals surface area contributed by atoms with E-state index >= 15 is 0 Å². The molecule has 21 heavy (non-hydrogen) atoms. The molecule has 2 aromatic rings. The smallest absolute Gasteiger partial charge is 0.321 e. The largest absolute Gasteiger partial charge is 0.331 e. The molecule has 0 bridgehead atoms. The second-order valence-electron chi connectivity index (χ2n) is 5.06. The summed E-state index contributed by atoms with van der Waals surface area (Å²) in [6.45, 7) is 0. The van der Waals surface area contributed by atoms with Gasteiger partial charge in [0.2, 0.25) is 5.13 Å². The lowest BCUT2D eigenvalue weighted by Crippen LogP contribution is -2.38. The summed E-state index contributed by atoms with van der Waals surface area (Å²) in [6, 6.07) is 5.88. The van der Waals surface area contributed by atoms with Crippen molar-refractivity contribution in [2.45, 2.75) is 25.3 Å². The van der Waals surface area contributed by atoms with Crippen LogP contribution in [-0.4, -0.2) is 16.2 Å². The summed E-state index contributed by atoms with van der Waals surface area (Å²) in [5, 5.41) is 13.5. The molecular formula is C14H15FN4OS. The Morgan fingerprint density at radius 3 is 2.67 bits per heavy atom. The van der Waals surface area contributed by atoms with Gasteiger partial charge in [-0.05, 0) is 36.5 Å². The third-order valence-corrected chi connectivity index (χ3v) is 4.32. The van der Waals surface area contributed by atoms with E-state index in [0.29, 0.717) is 11.0 Å². The molecule has 1 unspecified atom stereocenters. The van der Waals surface area contributed by atoms with Crippen LogP contribution in [0.2, 0.25) is 0 Å². The number of rotatable bonds is 4. The Morgan fingerprint density at radius 1 is 1.33 bits per heavy atom. The maximum absolute atomic E-state index is 13.0. The van der Waals surface area contributed by atoms with Crippen LogP contribution in [-0.2, 0) is 0 Å². The molecule has 2 amide bonds. The fourth-order valence-corrected chi connectivity index (χ4v) is 2.86. The lowest BCUT2D eigenvalue weighted by atomic mass is 9.77. The predicted molar refractivity (Wildman–Crippen MR) is 78.5 cm³/mol. The van der Waals surface area contributed by atoms with Crippen LogP contribution in [0.5, 0.6) is 0 Å². The van der Waals surface area contributed by atoms with Gasteiger partial charge in [-0.2, -0.15) is 0 Å². The van der Waals surface area contributed by atoms with Gasteiger partial charge in [0.15, 0.2) is 0 Å². The van der Waals surface area contributed by atoms with Gasteiger partial charge in [0.25, 0.3) is 0 Å². The molecular weight excluding hydrogens is 291 g/mol. The van der Waals surface area contributed by atoms with Crippen LogP contribution < -0.4 is 10.6 Å². The van der Waals surface area contributed by atoms with Crippen LogP contribution in [0.15, 0.2) is 29.8 Å². The van der Waals surface area contributed by atoms with Crippen molar-refractivity contribution in [3.8, 4) is 0 Å². The summed E-state index contributed by atoms with van der Waals surface area (Å²) in [5.41, 5.74) is 2.48. The van der Waals surface area contributed by atoms with E-state index in [-0.39, 0.29) is 17.9 Å². The van der Waals surface area contributed by atoms with Gasteiger partial charge in [-0.1, -0.05) is 29.9 Å². The van der Waals surface area contributed by atoms with Gasteiger partial charge in [0.1, 0.15) is 11.3 Å². The number of hydrogen-bond donors (Lipinski definition) is 2. The minimum Gasteiger partial charge on any atom is -0.331 e. The van der Waals surface area contributed by atoms with Gasteiger partial charge in [-0.3, -0.25) is 5.32 Å². The number of aromatic nitrogens is 2. The lowest BCUT2D eigenvalue weighted by molar-refractivity contribution is 0.216. The normalized spacial score (nSPS) is 16.0. The number of hydrogen-bond acceptors (Lipinski definition) is 4. The van der Waals surface area contributed by atoms with Crippen LogP contribution in [0.4, 0.5) is 14.3 Å². The molecule has 1 aromatic heterocycles. The van der Waals surface area contributed by atoms with Gasteiger partial charge in [-0.25, -0.2) is 9.18 Å². The average molecular weight is 306 g/mol. The third kappa shape index (κ3) is 3.36. The van der Waals surface area contributed by atoms with Crippen molar-refractivity contribution in [1.82, 2.24) is 15.5 Å². The number of carbonyl (C=O) groups excluding carboxylic acids is 1. The van der Waals surface area contributed by atoms with E-state index in [0.717, 1.165) is 18.4 Å². The van der Waals surface area contributed by atoms with Crippen molar-refractivity contribution < 1.29 is 9.18 Å². The first-order valence-corrected chi connectivity index (χ1v) is 7.69. The Labute approximate surface area is 125 Å². The molecule has 1 heterocycles. The Morgan fingerprint density at radius 2 is 2.10 bits per heavy atom. The quantitative estimate of drug-likeness (QED) is 0.910. The Bertz CT molecular complexity index is 598. The summed E-state index contributed by atoms with van der Waals surface area (Å²) in [4.78, 5) is 12.0. The molecule has 110 valence electrons. The molecule has 1 aliphatic carbocycles. The summed E-state index contributed by atoms with van der Waals surface area (Å²) in [7, 11) is 0. The number of benzene rings is 1. The van der Waals surface area contributed by atoms with Gasteiger partial charge in [0.05, 0.1) is 6.04 Å². The molecule has 1 fully saturated rings. The molecule has 0 aliphatic heterocycles. The second kappa shape index (κ2) is 6.17. The van der Waals surface area contributed by atoms with E-state index in [1.54, 1.807) is 17.6 Å². The summed E-state index contributed by atoms with van der Waals surface area (Å²) < 4.78 is 13.0. The third-order valence-electron chi connectivity index (χ3n) is 3.72.